The highest BCUT2D eigenvalue weighted by molar-refractivity contribution is 4.98. The van der Waals surface area contributed by atoms with E-state index in [1.54, 1.807) is 28.4 Å². The average Bonchev–Trinajstić information content (AvgIpc) is 2.73. The van der Waals surface area contributed by atoms with Crippen LogP contribution in [0.15, 0.2) is 0 Å². The Balaban J connectivity index is 2.37. The van der Waals surface area contributed by atoms with E-state index in [9.17, 15) is 5.11 Å². The molecule has 0 radical (unpaired) electrons. The zero-order chi connectivity index (χ0) is 24.1. The molecule has 2 aliphatic heterocycles. The van der Waals surface area contributed by atoms with Crippen LogP contribution in [0, 0.1) is 11.3 Å². The van der Waals surface area contributed by atoms with Gasteiger partial charge >= 0.3 is 0 Å². The summed E-state index contributed by atoms with van der Waals surface area (Å²) < 4.78 is 52.2. The highest BCUT2D eigenvalue weighted by Gasteiger charge is 2.54. The van der Waals surface area contributed by atoms with Crippen molar-refractivity contribution >= 4 is 0 Å². The molecule has 0 amide bonds. The predicted molar refractivity (Wildman–Crippen MR) is 114 cm³/mol. The summed E-state index contributed by atoms with van der Waals surface area (Å²) in [7, 11) is 9.47. The Morgan fingerprint density at radius 3 is 1.66 bits per heavy atom. The zero-order valence-electron chi connectivity index (χ0n) is 20.8. The summed E-state index contributed by atoms with van der Waals surface area (Å²) in [6, 6.07) is 0. The minimum atomic E-state index is -1.19. The lowest BCUT2D eigenvalue weighted by Gasteiger charge is -2.52. The van der Waals surface area contributed by atoms with E-state index in [4.69, 9.17) is 42.6 Å². The first kappa shape index (κ1) is 27.8. The van der Waals surface area contributed by atoms with Gasteiger partial charge in [-0.2, -0.15) is 0 Å². The first-order valence-electron chi connectivity index (χ1n) is 10.9. The van der Waals surface area contributed by atoms with Gasteiger partial charge in [-0.3, -0.25) is 0 Å². The van der Waals surface area contributed by atoms with Gasteiger partial charge in [-0.25, -0.2) is 0 Å². The predicted octanol–water partition coefficient (Wildman–Crippen LogP) is 0.829. The van der Waals surface area contributed by atoms with Gasteiger partial charge in [0.2, 0.25) is 0 Å². The van der Waals surface area contributed by atoms with Crippen molar-refractivity contribution in [3.05, 3.63) is 0 Å². The molecule has 1 N–H and O–H groups in total. The highest BCUT2D eigenvalue weighted by atomic mass is 16.7. The van der Waals surface area contributed by atoms with Crippen LogP contribution in [0.2, 0.25) is 0 Å². The molecule has 2 aliphatic rings. The molecule has 10 nitrogen and oxygen atoms in total. The molecule has 0 aromatic heterocycles. The third kappa shape index (κ3) is 5.99. The molecular formula is C22H42O10. The molecule has 7 unspecified atom stereocenters. The van der Waals surface area contributed by atoms with Gasteiger partial charge in [0.15, 0.2) is 12.6 Å². The molecule has 32 heavy (non-hydrogen) atoms. The van der Waals surface area contributed by atoms with Crippen LogP contribution in [-0.2, 0) is 42.6 Å². The third-order valence-corrected chi connectivity index (χ3v) is 6.31. The van der Waals surface area contributed by atoms with E-state index < -0.39 is 43.1 Å². The summed E-state index contributed by atoms with van der Waals surface area (Å²) in [5, 5.41) is 10.4. The lowest BCUT2D eigenvalue weighted by Crippen LogP contribution is -2.65. The Kier molecular flexibility index (Phi) is 10.7. The van der Waals surface area contributed by atoms with Crippen molar-refractivity contribution in [1.29, 1.82) is 0 Å². The van der Waals surface area contributed by atoms with Gasteiger partial charge in [0, 0.05) is 48.6 Å². The molecule has 2 fully saturated rings. The normalized spacial score (nSPS) is 41.1. The van der Waals surface area contributed by atoms with Gasteiger partial charge in [-0.1, -0.05) is 20.8 Å². The molecule has 0 spiro atoms. The molecule has 190 valence electrons. The Morgan fingerprint density at radius 1 is 0.656 bits per heavy atom. The van der Waals surface area contributed by atoms with Crippen LogP contribution >= 0.6 is 0 Å². The van der Waals surface area contributed by atoms with Crippen LogP contribution in [0.25, 0.3) is 0 Å². The van der Waals surface area contributed by atoms with E-state index in [2.05, 4.69) is 20.8 Å². The minimum absolute atomic E-state index is 0.0126. The number of hydrogen-bond acceptors (Lipinski definition) is 10. The van der Waals surface area contributed by atoms with Crippen molar-refractivity contribution in [2.45, 2.75) is 76.1 Å². The van der Waals surface area contributed by atoms with E-state index in [0.717, 1.165) is 0 Å². The highest BCUT2D eigenvalue weighted by Crippen LogP contribution is 2.42. The number of aliphatic hydroxyl groups excluding tert-OH is 1. The molecule has 0 aromatic carbocycles. The van der Waals surface area contributed by atoms with Crippen LogP contribution in [0.5, 0.6) is 0 Å². The van der Waals surface area contributed by atoms with Gasteiger partial charge in [-0.05, 0) is 5.41 Å². The molecule has 10 heteroatoms. The van der Waals surface area contributed by atoms with E-state index in [1.807, 2.05) is 0 Å². The zero-order valence-corrected chi connectivity index (χ0v) is 20.8. The third-order valence-electron chi connectivity index (χ3n) is 6.31. The second kappa shape index (κ2) is 12.3. The topological polar surface area (TPSA) is 103 Å². The van der Waals surface area contributed by atoms with Crippen LogP contribution in [0.3, 0.4) is 0 Å². The second-order valence-corrected chi connectivity index (χ2v) is 9.31. The molecule has 2 rings (SSSR count). The molecule has 0 aromatic rings. The number of aliphatic hydroxyl groups is 1. The molecule has 10 atom stereocenters. The van der Waals surface area contributed by atoms with Gasteiger partial charge in [0.05, 0.1) is 25.4 Å². The number of rotatable bonds is 10. The molecule has 2 heterocycles. The Labute approximate surface area is 191 Å². The second-order valence-electron chi connectivity index (χ2n) is 9.31. The lowest BCUT2D eigenvalue weighted by molar-refractivity contribution is -0.363. The van der Waals surface area contributed by atoms with Gasteiger partial charge < -0.3 is 47.7 Å². The fourth-order valence-corrected chi connectivity index (χ4v) is 4.93. The Morgan fingerprint density at radius 2 is 1.19 bits per heavy atom. The lowest BCUT2D eigenvalue weighted by atomic mass is 9.71. The fourth-order valence-electron chi connectivity index (χ4n) is 4.93. The molecule has 2 saturated heterocycles. The van der Waals surface area contributed by atoms with Crippen molar-refractivity contribution in [2.75, 3.05) is 55.9 Å². The van der Waals surface area contributed by atoms with E-state index in [0.29, 0.717) is 6.61 Å². The van der Waals surface area contributed by atoms with Crippen LogP contribution in [0.4, 0.5) is 0 Å². The Hall–Kier alpha value is -0.400. The first-order chi connectivity index (χ1) is 15.2. The summed E-state index contributed by atoms with van der Waals surface area (Å²) in [5.41, 5.74) is -0.140. The van der Waals surface area contributed by atoms with Crippen molar-refractivity contribution in [2.24, 2.45) is 11.3 Å². The smallest absolute Gasteiger partial charge is 0.187 e. The molecular weight excluding hydrogens is 424 g/mol. The van der Waals surface area contributed by atoms with Crippen molar-refractivity contribution in [3.8, 4) is 0 Å². The summed E-state index contributed by atoms with van der Waals surface area (Å²) in [4.78, 5) is 0. The maximum Gasteiger partial charge on any atom is 0.187 e. The first-order valence-corrected chi connectivity index (χ1v) is 10.9. The largest absolute Gasteiger partial charge is 0.382 e. The molecule has 0 saturated carbocycles. The van der Waals surface area contributed by atoms with Crippen molar-refractivity contribution in [3.63, 3.8) is 0 Å². The van der Waals surface area contributed by atoms with Crippen LogP contribution < -0.4 is 0 Å². The monoisotopic (exact) mass is 466 g/mol. The van der Waals surface area contributed by atoms with Gasteiger partial charge in [-0.15, -0.1) is 0 Å². The minimum Gasteiger partial charge on any atom is -0.382 e. The van der Waals surface area contributed by atoms with Crippen molar-refractivity contribution < 1.29 is 47.7 Å². The van der Waals surface area contributed by atoms with E-state index >= 15 is 0 Å². The standard InChI is InChI=1S/C22H42O10/c1-22(2,3)14-12(10-24-4)31-21(19(29-9)16(14)26-6)32-15-13(11-25-5)30-20(23)18(28-8)17(15)27-7/h12-21,23H,10-11H2,1-9H3/t12?,13-,14?,15?,16?,17?,18?,19+,20-,21?/m0/s1. The summed E-state index contributed by atoms with van der Waals surface area (Å²) in [6.45, 7) is 6.96. The van der Waals surface area contributed by atoms with Crippen LogP contribution in [0.1, 0.15) is 20.8 Å². The van der Waals surface area contributed by atoms with Gasteiger partial charge in [0.1, 0.15) is 30.5 Å². The quantitative estimate of drug-likeness (QED) is 0.498. The van der Waals surface area contributed by atoms with E-state index in [-0.39, 0.29) is 30.1 Å². The van der Waals surface area contributed by atoms with E-state index in [1.165, 1.54) is 14.2 Å². The van der Waals surface area contributed by atoms with Crippen LogP contribution in [-0.4, -0.2) is 116 Å². The maximum atomic E-state index is 10.4. The SMILES string of the molecule is COCC1OC(OC2C(OC)C(OC)[C@@H](O)O[C@H]2COC)[C@H](OC)C(OC)C1C(C)(C)C. The maximum absolute atomic E-state index is 10.4. The number of hydrogen-bond donors (Lipinski definition) is 1. The average molecular weight is 467 g/mol. The summed E-state index contributed by atoms with van der Waals surface area (Å²) >= 11 is 0. The molecule has 0 aliphatic carbocycles. The van der Waals surface area contributed by atoms with Crippen molar-refractivity contribution in [1.82, 2.24) is 0 Å². The summed E-state index contributed by atoms with van der Waals surface area (Å²) in [6.07, 6.45) is -5.78. The number of ether oxygens (including phenoxy) is 9. The molecule has 0 bridgehead atoms. The fraction of sp³-hybridized carbons (Fsp3) is 1.00. The Bertz CT molecular complexity index is 541. The number of methoxy groups -OCH3 is 6. The van der Waals surface area contributed by atoms with Gasteiger partial charge in [0.25, 0.3) is 0 Å². The summed E-state index contributed by atoms with van der Waals surface area (Å²) in [5.74, 6) is -0.0126.